The van der Waals surface area contributed by atoms with Gasteiger partial charge in [-0.05, 0) is 19.3 Å². The number of unbranched alkanes of at least 4 members (excludes halogenated alkanes) is 1. The third-order valence-electron chi connectivity index (χ3n) is 2.75. The third-order valence-corrected chi connectivity index (χ3v) is 2.91. The highest BCUT2D eigenvalue weighted by Crippen LogP contribution is 2.01. The summed E-state index contributed by atoms with van der Waals surface area (Å²) >= 11 is 5.47. The maximum absolute atomic E-state index is 12.0. The van der Waals surface area contributed by atoms with Crippen LogP contribution >= 0.6 is 11.6 Å². The molecule has 0 bridgehead atoms. The van der Waals surface area contributed by atoms with Crippen LogP contribution in [0.15, 0.2) is 0 Å². The average molecular weight is 336 g/mol. The molecule has 0 aliphatic rings. The van der Waals surface area contributed by atoms with E-state index in [1.54, 1.807) is 0 Å². The zero-order chi connectivity index (χ0) is 16.8. The van der Waals surface area contributed by atoms with Crippen molar-refractivity contribution in [2.75, 3.05) is 32.2 Å². The molecule has 8 heteroatoms. The normalized spacial score (nSPS) is 11.6. The zero-order valence-electron chi connectivity index (χ0n) is 13.2. The second-order valence-electron chi connectivity index (χ2n) is 4.82. The standard InChI is InChI=1S/C14H26ClN3O4/c1-11(19)16-7-4-3-5-13(18-12(2)20)14(21)17-8-10-22-9-6-15/h13H,3-10H2,1-2H3,(H,16,19)(H,17,21)(H,18,20). The van der Waals surface area contributed by atoms with Crippen LogP contribution in [0.1, 0.15) is 33.1 Å². The highest BCUT2D eigenvalue weighted by molar-refractivity contribution is 6.17. The van der Waals surface area contributed by atoms with Gasteiger partial charge in [0.25, 0.3) is 0 Å². The highest BCUT2D eigenvalue weighted by Gasteiger charge is 2.18. The number of amides is 3. The summed E-state index contributed by atoms with van der Waals surface area (Å²) < 4.78 is 5.16. The fourth-order valence-electron chi connectivity index (χ4n) is 1.78. The van der Waals surface area contributed by atoms with E-state index in [0.717, 1.165) is 12.8 Å². The molecule has 0 saturated carbocycles. The number of hydrogen-bond donors (Lipinski definition) is 3. The molecule has 1 unspecified atom stereocenters. The lowest BCUT2D eigenvalue weighted by molar-refractivity contribution is -0.128. The lowest BCUT2D eigenvalue weighted by Gasteiger charge is -2.17. The van der Waals surface area contributed by atoms with Gasteiger partial charge < -0.3 is 20.7 Å². The van der Waals surface area contributed by atoms with Crippen LogP contribution in [0.4, 0.5) is 0 Å². The predicted molar refractivity (Wildman–Crippen MR) is 84.7 cm³/mol. The molecule has 0 aromatic rings. The van der Waals surface area contributed by atoms with E-state index in [1.165, 1.54) is 13.8 Å². The molecule has 3 N–H and O–H groups in total. The van der Waals surface area contributed by atoms with Crippen molar-refractivity contribution in [1.82, 2.24) is 16.0 Å². The summed E-state index contributed by atoms with van der Waals surface area (Å²) in [5, 5.41) is 8.03. The first-order valence-electron chi connectivity index (χ1n) is 7.40. The average Bonchev–Trinajstić information content (AvgIpc) is 2.44. The molecule has 0 aromatic heterocycles. The van der Waals surface area contributed by atoms with Gasteiger partial charge in [-0.2, -0.15) is 0 Å². The minimum absolute atomic E-state index is 0.0758. The Labute approximate surface area is 136 Å². The van der Waals surface area contributed by atoms with Crippen LogP contribution in [-0.2, 0) is 19.1 Å². The van der Waals surface area contributed by atoms with Gasteiger partial charge in [-0.3, -0.25) is 14.4 Å². The van der Waals surface area contributed by atoms with Gasteiger partial charge in [0.15, 0.2) is 0 Å². The molecule has 0 aliphatic carbocycles. The Morgan fingerprint density at radius 2 is 1.73 bits per heavy atom. The fraction of sp³-hybridized carbons (Fsp3) is 0.786. The Hall–Kier alpha value is -1.34. The summed E-state index contributed by atoms with van der Waals surface area (Å²) in [6, 6.07) is -0.567. The second kappa shape index (κ2) is 13.3. The van der Waals surface area contributed by atoms with Crippen molar-refractivity contribution < 1.29 is 19.1 Å². The van der Waals surface area contributed by atoms with E-state index in [1.807, 2.05) is 0 Å². The van der Waals surface area contributed by atoms with Crippen molar-refractivity contribution in [3.05, 3.63) is 0 Å². The minimum atomic E-state index is -0.567. The van der Waals surface area contributed by atoms with Crippen LogP contribution in [0.5, 0.6) is 0 Å². The Kier molecular flexibility index (Phi) is 12.5. The molecule has 0 fully saturated rings. The van der Waals surface area contributed by atoms with E-state index in [0.29, 0.717) is 38.6 Å². The molecule has 1 atom stereocenters. The second-order valence-corrected chi connectivity index (χ2v) is 5.20. The molecular weight excluding hydrogens is 310 g/mol. The van der Waals surface area contributed by atoms with Gasteiger partial charge in [0.2, 0.25) is 17.7 Å². The Morgan fingerprint density at radius 3 is 2.32 bits per heavy atom. The fourth-order valence-corrected chi connectivity index (χ4v) is 1.89. The molecule has 0 aliphatic heterocycles. The number of carbonyl (C=O) groups excluding carboxylic acids is 3. The van der Waals surface area contributed by atoms with Gasteiger partial charge in [0.05, 0.1) is 13.2 Å². The van der Waals surface area contributed by atoms with Crippen LogP contribution in [-0.4, -0.2) is 55.9 Å². The van der Waals surface area contributed by atoms with Gasteiger partial charge in [-0.25, -0.2) is 0 Å². The van der Waals surface area contributed by atoms with Crippen molar-refractivity contribution in [3.63, 3.8) is 0 Å². The lowest BCUT2D eigenvalue weighted by Crippen LogP contribution is -2.46. The van der Waals surface area contributed by atoms with Crippen molar-refractivity contribution in [3.8, 4) is 0 Å². The number of hydrogen-bond acceptors (Lipinski definition) is 4. The SMILES string of the molecule is CC(=O)NCCCCC(NC(C)=O)C(=O)NCCOCCCl. The number of halogens is 1. The molecule has 0 aromatic carbocycles. The van der Waals surface area contributed by atoms with E-state index in [9.17, 15) is 14.4 Å². The number of ether oxygens (including phenoxy) is 1. The van der Waals surface area contributed by atoms with Gasteiger partial charge in [-0.1, -0.05) is 0 Å². The van der Waals surface area contributed by atoms with Crippen molar-refractivity contribution in [2.24, 2.45) is 0 Å². The molecule has 22 heavy (non-hydrogen) atoms. The minimum Gasteiger partial charge on any atom is -0.378 e. The Morgan fingerprint density at radius 1 is 1.00 bits per heavy atom. The van der Waals surface area contributed by atoms with Gasteiger partial charge in [0, 0.05) is 32.8 Å². The van der Waals surface area contributed by atoms with Crippen LogP contribution in [0.25, 0.3) is 0 Å². The van der Waals surface area contributed by atoms with Gasteiger partial charge in [0.1, 0.15) is 6.04 Å². The summed E-state index contributed by atoms with van der Waals surface area (Å²) in [7, 11) is 0. The van der Waals surface area contributed by atoms with Crippen LogP contribution in [0, 0.1) is 0 Å². The van der Waals surface area contributed by atoms with Crippen LogP contribution in [0.2, 0.25) is 0 Å². The predicted octanol–water partition coefficient (Wildman–Crippen LogP) is 0.169. The number of carbonyl (C=O) groups is 3. The molecular formula is C14H26ClN3O4. The third kappa shape index (κ3) is 12.4. The van der Waals surface area contributed by atoms with E-state index in [-0.39, 0.29) is 17.7 Å². The first-order chi connectivity index (χ1) is 10.5. The molecule has 7 nitrogen and oxygen atoms in total. The highest BCUT2D eigenvalue weighted by atomic mass is 35.5. The lowest BCUT2D eigenvalue weighted by atomic mass is 10.1. The van der Waals surface area contributed by atoms with E-state index >= 15 is 0 Å². The topological polar surface area (TPSA) is 96.5 Å². The van der Waals surface area contributed by atoms with Crippen molar-refractivity contribution >= 4 is 29.3 Å². The maximum atomic E-state index is 12.0. The number of nitrogens with one attached hydrogen (secondary N) is 3. The van der Waals surface area contributed by atoms with Crippen molar-refractivity contribution in [1.29, 1.82) is 0 Å². The summed E-state index contributed by atoms with van der Waals surface area (Å²) in [4.78, 5) is 33.9. The Bertz CT molecular complexity index is 353. The molecule has 0 rings (SSSR count). The molecule has 128 valence electrons. The molecule has 0 saturated heterocycles. The summed E-state index contributed by atoms with van der Waals surface area (Å²) in [6.07, 6.45) is 2.00. The quantitative estimate of drug-likeness (QED) is 0.350. The van der Waals surface area contributed by atoms with Crippen LogP contribution < -0.4 is 16.0 Å². The van der Waals surface area contributed by atoms with E-state index in [4.69, 9.17) is 16.3 Å². The monoisotopic (exact) mass is 335 g/mol. The maximum Gasteiger partial charge on any atom is 0.242 e. The largest absolute Gasteiger partial charge is 0.378 e. The molecule has 0 heterocycles. The molecule has 0 spiro atoms. The molecule has 3 amide bonds. The van der Waals surface area contributed by atoms with Gasteiger partial charge in [-0.15, -0.1) is 11.6 Å². The van der Waals surface area contributed by atoms with E-state index < -0.39 is 6.04 Å². The Balaban J connectivity index is 4.01. The summed E-state index contributed by atoms with van der Waals surface area (Å²) in [6.45, 7) is 4.60. The number of alkyl halides is 1. The smallest absolute Gasteiger partial charge is 0.242 e. The summed E-state index contributed by atoms with van der Waals surface area (Å²) in [5.74, 6) is -0.144. The van der Waals surface area contributed by atoms with Crippen molar-refractivity contribution in [2.45, 2.75) is 39.2 Å². The number of rotatable bonds is 12. The summed E-state index contributed by atoms with van der Waals surface area (Å²) in [5.41, 5.74) is 0. The van der Waals surface area contributed by atoms with E-state index in [2.05, 4.69) is 16.0 Å². The van der Waals surface area contributed by atoms with Gasteiger partial charge >= 0.3 is 0 Å². The first-order valence-corrected chi connectivity index (χ1v) is 7.93. The zero-order valence-corrected chi connectivity index (χ0v) is 14.0. The molecule has 0 radical (unpaired) electrons. The first kappa shape index (κ1) is 20.7. The van der Waals surface area contributed by atoms with Crippen LogP contribution in [0.3, 0.4) is 0 Å².